The smallest absolute Gasteiger partial charge is 0.416 e. The van der Waals surface area contributed by atoms with Gasteiger partial charge in [0.15, 0.2) is 0 Å². The van der Waals surface area contributed by atoms with Crippen LogP contribution in [0.25, 0.3) is 6.08 Å². The third-order valence-electron chi connectivity index (χ3n) is 5.09. The summed E-state index contributed by atoms with van der Waals surface area (Å²) in [7, 11) is 0. The summed E-state index contributed by atoms with van der Waals surface area (Å²) in [6.45, 7) is 0.455. The molecule has 3 rings (SSSR count). The molecule has 2 aromatic rings. The van der Waals surface area contributed by atoms with E-state index in [1.807, 2.05) is 12.1 Å². The molecule has 0 saturated heterocycles. The van der Waals surface area contributed by atoms with Crippen molar-refractivity contribution in [2.75, 3.05) is 25.0 Å². The van der Waals surface area contributed by atoms with Gasteiger partial charge in [-0.1, -0.05) is 18.2 Å². The molecule has 0 bridgehead atoms. The largest absolute Gasteiger partial charge is 0.480 e. The first-order chi connectivity index (χ1) is 15.6. The Kier molecular flexibility index (Phi) is 7.37. The van der Waals surface area contributed by atoms with Gasteiger partial charge in [0.05, 0.1) is 12.1 Å². The van der Waals surface area contributed by atoms with Crippen LogP contribution in [0, 0.1) is 0 Å². The number of hydrogen-bond acceptors (Lipinski definition) is 4. The van der Waals surface area contributed by atoms with E-state index in [9.17, 15) is 27.6 Å². The number of anilines is 1. The van der Waals surface area contributed by atoms with Crippen LogP contribution in [0.2, 0.25) is 0 Å². The maximum atomic E-state index is 12.6. The molecule has 0 saturated carbocycles. The summed E-state index contributed by atoms with van der Waals surface area (Å²) in [6, 6.07) is 9.83. The number of fused-ring (bicyclic) bond motifs is 1. The second-order valence-corrected chi connectivity index (χ2v) is 7.47. The summed E-state index contributed by atoms with van der Waals surface area (Å²) in [5, 5.41) is 14.0. The van der Waals surface area contributed by atoms with Crippen molar-refractivity contribution in [2.24, 2.45) is 0 Å². The van der Waals surface area contributed by atoms with E-state index < -0.39 is 23.6 Å². The van der Waals surface area contributed by atoms with Gasteiger partial charge < -0.3 is 20.6 Å². The molecule has 0 aromatic heterocycles. The number of carbonyl (C=O) groups is 3. The molecule has 0 aliphatic carbocycles. The second-order valence-electron chi connectivity index (χ2n) is 7.47. The minimum absolute atomic E-state index is 0.184. The number of aliphatic carboxylic acids is 1. The predicted molar refractivity (Wildman–Crippen MR) is 115 cm³/mol. The van der Waals surface area contributed by atoms with Gasteiger partial charge in [-0.25, -0.2) is 0 Å². The quantitative estimate of drug-likeness (QED) is 0.551. The Balaban J connectivity index is 1.48. The fourth-order valence-corrected chi connectivity index (χ4v) is 3.34. The van der Waals surface area contributed by atoms with Crippen LogP contribution in [0.15, 0.2) is 48.5 Å². The average molecular weight is 461 g/mol. The van der Waals surface area contributed by atoms with Crippen LogP contribution in [-0.2, 0) is 33.5 Å². The standard InChI is InChI=1S/C23H22F3N3O4/c24-23(25,26)18-5-1-15(2-6-18)3-8-20(30)28-12-21(31)29-10-9-16-11-19(27-13-22(32)33)7-4-17(16)14-29/h1-8,11,27H,9-10,12-14H2,(H,28,30)(H,32,33)/b8-3+. The summed E-state index contributed by atoms with van der Waals surface area (Å²) >= 11 is 0. The van der Waals surface area contributed by atoms with Gasteiger partial charge in [0, 0.05) is 24.9 Å². The van der Waals surface area contributed by atoms with Gasteiger partial charge in [-0.05, 0) is 53.5 Å². The lowest BCUT2D eigenvalue weighted by molar-refractivity contribution is -0.137. The van der Waals surface area contributed by atoms with E-state index in [1.165, 1.54) is 18.2 Å². The van der Waals surface area contributed by atoms with Gasteiger partial charge in [0.1, 0.15) is 6.54 Å². The van der Waals surface area contributed by atoms with Gasteiger partial charge in [-0.2, -0.15) is 13.2 Å². The first kappa shape index (κ1) is 23.8. The zero-order chi connectivity index (χ0) is 24.0. The minimum Gasteiger partial charge on any atom is -0.480 e. The number of alkyl halides is 3. The first-order valence-corrected chi connectivity index (χ1v) is 10.1. The molecule has 0 atom stereocenters. The van der Waals surface area contributed by atoms with E-state index in [1.54, 1.807) is 11.0 Å². The van der Waals surface area contributed by atoms with E-state index in [0.717, 1.165) is 29.3 Å². The topological polar surface area (TPSA) is 98.7 Å². The van der Waals surface area contributed by atoms with Crippen LogP contribution in [0.1, 0.15) is 22.3 Å². The Morgan fingerprint density at radius 3 is 2.42 bits per heavy atom. The van der Waals surface area contributed by atoms with E-state index in [-0.39, 0.29) is 19.0 Å². The highest BCUT2D eigenvalue weighted by atomic mass is 19.4. The van der Waals surface area contributed by atoms with Crippen molar-refractivity contribution < 1.29 is 32.7 Å². The zero-order valence-corrected chi connectivity index (χ0v) is 17.5. The number of carbonyl (C=O) groups excluding carboxylic acids is 2. The molecule has 2 amide bonds. The number of nitrogens with zero attached hydrogens (tertiary/aromatic N) is 1. The summed E-state index contributed by atoms with van der Waals surface area (Å²) in [6.07, 6.45) is -1.29. The Labute approximate surface area is 187 Å². The highest BCUT2D eigenvalue weighted by Crippen LogP contribution is 2.29. The normalized spacial score (nSPS) is 13.5. The molecule has 1 aliphatic rings. The Morgan fingerprint density at radius 2 is 1.76 bits per heavy atom. The summed E-state index contributed by atoms with van der Waals surface area (Å²) in [5.74, 6) is -1.75. The Bertz CT molecular complexity index is 1070. The fourth-order valence-electron chi connectivity index (χ4n) is 3.34. The molecule has 3 N–H and O–H groups in total. The van der Waals surface area contributed by atoms with Crippen LogP contribution in [-0.4, -0.2) is 47.4 Å². The lowest BCUT2D eigenvalue weighted by atomic mass is 9.99. The number of hydrogen-bond donors (Lipinski definition) is 3. The molecule has 7 nitrogen and oxygen atoms in total. The first-order valence-electron chi connectivity index (χ1n) is 10.1. The van der Waals surface area contributed by atoms with E-state index in [4.69, 9.17) is 5.11 Å². The molecule has 0 radical (unpaired) electrons. The maximum absolute atomic E-state index is 12.6. The minimum atomic E-state index is -4.42. The lowest BCUT2D eigenvalue weighted by Crippen LogP contribution is -2.42. The van der Waals surface area contributed by atoms with E-state index in [2.05, 4.69) is 10.6 Å². The van der Waals surface area contributed by atoms with Crippen LogP contribution in [0.5, 0.6) is 0 Å². The van der Waals surface area contributed by atoms with Crippen LogP contribution in [0.3, 0.4) is 0 Å². The van der Waals surface area contributed by atoms with Gasteiger partial charge in [0.2, 0.25) is 11.8 Å². The highest BCUT2D eigenvalue weighted by molar-refractivity contribution is 5.94. The van der Waals surface area contributed by atoms with Gasteiger partial charge in [0.25, 0.3) is 0 Å². The number of nitrogens with one attached hydrogen (secondary N) is 2. The predicted octanol–water partition coefficient (Wildman–Crippen LogP) is 2.92. The van der Waals surface area contributed by atoms with Crippen molar-refractivity contribution in [3.05, 3.63) is 70.8 Å². The molecular weight excluding hydrogens is 439 g/mol. The molecular formula is C23H22F3N3O4. The summed E-state index contributed by atoms with van der Waals surface area (Å²) in [4.78, 5) is 36.7. The zero-order valence-electron chi connectivity index (χ0n) is 17.5. The molecule has 33 heavy (non-hydrogen) atoms. The van der Waals surface area contributed by atoms with Gasteiger partial charge >= 0.3 is 12.1 Å². The average Bonchev–Trinajstić information content (AvgIpc) is 2.79. The van der Waals surface area contributed by atoms with Crippen LogP contribution >= 0.6 is 0 Å². The number of rotatable bonds is 7. The van der Waals surface area contributed by atoms with Crippen molar-refractivity contribution in [3.63, 3.8) is 0 Å². The molecule has 174 valence electrons. The van der Waals surface area contributed by atoms with Crippen LogP contribution < -0.4 is 10.6 Å². The molecule has 0 unspecified atom stereocenters. The number of carboxylic acid groups (broad SMARTS) is 1. The third kappa shape index (κ3) is 6.83. The molecule has 0 spiro atoms. The molecule has 1 aliphatic heterocycles. The Hall–Kier alpha value is -3.82. The van der Waals surface area contributed by atoms with Gasteiger partial charge in [-0.3, -0.25) is 14.4 Å². The van der Waals surface area contributed by atoms with Gasteiger partial charge in [-0.15, -0.1) is 0 Å². The molecule has 10 heteroatoms. The third-order valence-corrected chi connectivity index (χ3v) is 5.09. The highest BCUT2D eigenvalue weighted by Gasteiger charge is 2.29. The monoisotopic (exact) mass is 461 g/mol. The van der Waals surface area contributed by atoms with Crippen LogP contribution in [0.4, 0.5) is 18.9 Å². The van der Waals surface area contributed by atoms with Crippen molar-refractivity contribution in [1.29, 1.82) is 0 Å². The SMILES string of the molecule is O=C(O)CNc1ccc2c(c1)CCN(C(=O)CNC(=O)/C=C/c1ccc(C(F)(F)F)cc1)C2. The number of amides is 2. The summed E-state index contributed by atoms with van der Waals surface area (Å²) in [5.41, 5.74) is 2.32. The van der Waals surface area contributed by atoms with Crippen molar-refractivity contribution in [2.45, 2.75) is 19.1 Å². The van der Waals surface area contributed by atoms with Crippen molar-refractivity contribution in [1.82, 2.24) is 10.2 Å². The molecule has 1 heterocycles. The molecule has 0 fully saturated rings. The van der Waals surface area contributed by atoms with Crippen molar-refractivity contribution in [3.8, 4) is 0 Å². The Morgan fingerprint density at radius 1 is 1.03 bits per heavy atom. The fraction of sp³-hybridized carbons (Fsp3) is 0.261. The maximum Gasteiger partial charge on any atom is 0.416 e. The number of benzene rings is 2. The lowest BCUT2D eigenvalue weighted by Gasteiger charge is -2.29. The summed E-state index contributed by atoms with van der Waals surface area (Å²) < 4.78 is 37.7. The number of carboxylic acids is 1. The number of halogens is 3. The molecule has 2 aromatic carbocycles. The second kappa shape index (κ2) is 10.2. The van der Waals surface area contributed by atoms with E-state index in [0.29, 0.717) is 30.8 Å². The van der Waals surface area contributed by atoms with E-state index >= 15 is 0 Å². The van der Waals surface area contributed by atoms with Crippen molar-refractivity contribution >= 4 is 29.5 Å².